The van der Waals surface area contributed by atoms with E-state index >= 15 is 0 Å². The van der Waals surface area contributed by atoms with Crippen LogP contribution in [0, 0.1) is 0 Å². The lowest BCUT2D eigenvalue weighted by molar-refractivity contribution is 0.612. The topological polar surface area (TPSA) is 67.7 Å². The van der Waals surface area contributed by atoms with E-state index in [1.807, 2.05) is 0 Å². The first-order chi connectivity index (χ1) is 17.8. The number of anilines is 1. The van der Waals surface area contributed by atoms with Gasteiger partial charge in [0.25, 0.3) is 0 Å². The molecule has 0 atom stereocenters. The number of hydrogen-bond donors (Lipinski definition) is 2. The molecule has 0 spiro atoms. The van der Waals surface area contributed by atoms with Crippen molar-refractivity contribution in [3.63, 3.8) is 0 Å². The van der Waals surface area contributed by atoms with Crippen molar-refractivity contribution in [1.82, 2.24) is 9.38 Å². The highest BCUT2D eigenvalue weighted by molar-refractivity contribution is 6.06. The maximum Gasteiger partial charge on any atom is 0.150 e. The van der Waals surface area contributed by atoms with E-state index in [1.54, 1.807) is 0 Å². The Bertz CT molecular complexity index is 1140. The molecule has 0 saturated carbocycles. The predicted molar refractivity (Wildman–Crippen MR) is 156 cm³/mol. The van der Waals surface area contributed by atoms with E-state index in [0.717, 1.165) is 54.6 Å². The zero-order valence-corrected chi connectivity index (χ0v) is 22.7. The van der Waals surface area contributed by atoms with Crippen LogP contribution in [0.2, 0.25) is 0 Å². The van der Waals surface area contributed by atoms with Gasteiger partial charge in [0, 0.05) is 13.1 Å². The quantitative estimate of drug-likeness (QED) is 0.122. The van der Waals surface area contributed by atoms with Crippen molar-refractivity contribution >= 4 is 28.3 Å². The average molecular weight is 490 g/mol. The molecular weight excluding hydrogens is 442 g/mol. The molecule has 0 amide bonds. The minimum Gasteiger partial charge on any atom is -0.383 e. The average Bonchev–Trinajstić information content (AvgIpc) is 3.52. The maximum absolute atomic E-state index is 6.72. The Morgan fingerprint density at radius 2 is 1.56 bits per heavy atom. The van der Waals surface area contributed by atoms with Crippen molar-refractivity contribution in [2.45, 2.75) is 110 Å². The normalized spacial score (nSPS) is 13.7. The summed E-state index contributed by atoms with van der Waals surface area (Å²) in [7, 11) is 0. The number of nitrogens with zero attached hydrogens (tertiary/aromatic N) is 3. The van der Waals surface area contributed by atoms with Gasteiger partial charge in [-0.3, -0.25) is 9.39 Å². The van der Waals surface area contributed by atoms with Crippen molar-refractivity contribution in [2.75, 3.05) is 18.4 Å². The van der Waals surface area contributed by atoms with Crippen LogP contribution < -0.4 is 11.1 Å². The SMILES string of the molecule is CCCCCCCCN=C(N)c1c2c(c(NCCCCCCCC)n3c1nc1ccccc13)CCC2. The smallest absolute Gasteiger partial charge is 0.150 e. The molecule has 1 aliphatic carbocycles. The zero-order valence-electron chi connectivity index (χ0n) is 22.7. The monoisotopic (exact) mass is 489 g/mol. The number of para-hydroxylation sites is 2. The molecular formula is C31H47N5. The van der Waals surface area contributed by atoms with E-state index in [9.17, 15) is 0 Å². The molecule has 3 aromatic rings. The summed E-state index contributed by atoms with van der Waals surface area (Å²) in [5, 5.41) is 3.84. The van der Waals surface area contributed by atoms with Crippen molar-refractivity contribution in [2.24, 2.45) is 10.7 Å². The molecule has 0 saturated heterocycles. The Balaban J connectivity index is 1.59. The number of rotatable bonds is 16. The molecule has 5 heteroatoms. The van der Waals surface area contributed by atoms with Crippen LogP contribution in [-0.2, 0) is 12.8 Å². The van der Waals surface area contributed by atoms with Gasteiger partial charge in [-0.25, -0.2) is 4.98 Å². The van der Waals surface area contributed by atoms with Gasteiger partial charge in [-0.1, -0.05) is 90.2 Å². The Kier molecular flexibility index (Phi) is 10.1. The molecule has 1 aromatic carbocycles. The first kappa shape index (κ1) is 26.5. The number of hydrogen-bond acceptors (Lipinski definition) is 3. The summed E-state index contributed by atoms with van der Waals surface area (Å²) in [4.78, 5) is 9.96. The number of fused-ring (bicyclic) bond motifs is 4. The highest BCUT2D eigenvalue weighted by Crippen LogP contribution is 2.36. The molecule has 0 fully saturated rings. The minimum absolute atomic E-state index is 0.671. The number of pyridine rings is 1. The van der Waals surface area contributed by atoms with Gasteiger partial charge in [0.05, 0.1) is 16.6 Å². The number of nitrogens with one attached hydrogen (secondary N) is 1. The summed E-state index contributed by atoms with van der Waals surface area (Å²) >= 11 is 0. The summed E-state index contributed by atoms with van der Waals surface area (Å²) in [5.41, 5.74) is 13.7. The van der Waals surface area contributed by atoms with E-state index in [-0.39, 0.29) is 0 Å². The maximum atomic E-state index is 6.72. The predicted octanol–water partition coefficient (Wildman–Crippen LogP) is 7.81. The summed E-state index contributed by atoms with van der Waals surface area (Å²) in [6, 6.07) is 8.47. The lowest BCUT2D eigenvalue weighted by Gasteiger charge is -2.18. The van der Waals surface area contributed by atoms with Gasteiger partial charge >= 0.3 is 0 Å². The second kappa shape index (κ2) is 13.7. The number of aliphatic imine (C=N–C) groups is 1. The number of benzene rings is 1. The van der Waals surface area contributed by atoms with Crippen LogP contribution in [0.1, 0.15) is 114 Å². The molecule has 36 heavy (non-hydrogen) atoms. The van der Waals surface area contributed by atoms with Crippen LogP contribution in [0.15, 0.2) is 29.3 Å². The molecule has 2 aromatic heterocycles. The molecule has 0 bridgehead atoms. The fourth-order valence-electron chi connectivity index (χ4n) is 5.71. The number of amidine groups is 1. The van der Waals surface area contributed by atoms with E-state index in [1.165, 1.54) is 94.0 Å². The standard InChI is InChI=1S/C31H47N5/c1-3-5-7-9-11-15-22-33-29(32)28-24-18-17-19-25(24)30(34-23-16-12-10-8-6-4-2)36-27-21-14-13-20-26(27)35-31(28)36/h13-14,20-21,34H,3-12,15-19,22-23H2,1-2H3,(H2,32,33). The second-order valence-electron chi connectivity index (χ2n) is 10.5. The van der Waals surface area contributed by atoms with Crippen LogP contribution in [0.25, 0.3) is 16.7 Å². The number of unbranched alkanes of at least 4 members (excludes halogenated alkanes) is 10. The van der Waals surface area contributed by atoms with E-state index < -0.39 is 0 Å². The highest BCUT2D eigenvalue weighted by atomic mass is 15.1. The highest BCUT2D eigenvalue weighted by Gasteiger charge is 2.27. The third-order valence-corrected chi connectivity index (χ3v) is 7.69. The van der Waals surface area contributed by atoms with Gasteiger partial charge in [0.15, 0.2) is 5.65 Å². The van der Waals surface area contributed by atoms with Crippen LogP contribution in [0.4, 0.5) is 5.82 Å². The second-order valence-corrected chi connectivity index (χ2v) is 10.5. The molecule has 3 N–H and O–H groups in total. The number of aromatic nitrogens is 2. The fraction of sp³-hybridized carbons (Fsp3) is 0.613. The Morgan fingerprint density at radius 3 is 2.33 bits per heavy atom. The van der Waals surface area contributed by atoms with Crippen LogP contribution >= 0.6 is 0 Å². The zero-order chi connectivity index (χ0) is 25.2. The molecule has 4 rings (SSSR count). The summed E-state index contributed by atoms with van der Waals surface area (Å²) < 4.78 is 2.33. The van der Waals surface area contributed by atoms with Gasteiger partial charge in [-0.15, -0.1) is 0 Å². The first-order valence-corrected chi connectivity index (χ1v) is 14.7. The van der Waals surface area contributed by atoms with Crippen molar-refractivity contribution in [1.29, 1.82) is 0 Å². The van der Waals surface area contributed by atoms with Crippen molar-refractivity contribution in [3.05, 3.63) is 41.0 Å². The van der Waals surface area contributed by atoms with Gasteiger partial charge in [0.1, 0.15) is 11.7 Å². The summed E-state index contributed by atoms with van der Waals surface area (Å²) in [6.45, 7) is 6.34. The van der Waals surface area contributed by atoms with Crippen LogP contribution in [0.3, 0.4) is 0 Å². The van der Waals surface area contributed by atoms with Gasteiger partial charge in [-0.2, -0.15) is 0 Å². The minimum atomic E-state index is 0.671. The van der Waals surface area contributed by atoms with Gasteiger partial charge in [0.2, 0.25) is 0 Å². The lowest BCUT2D eigenvalue weighted by Crippen LogP contribution is -2.20. The summed E-state index contributed by atoms with van der Waals surface area (Å²) in [6.07, 6.45) is 18.8. The van der Waals surface area contributed by atoms with Crippen molar-refractivity contribution in [3.8, 4) is 0 Å². The largest absolute Gasteiger partial charge is 0.383 e. The Morgan fingerprint density at radius 1 is 0.889 bits per heavy atom. The molecule has 196 valence electrons. The van der Waals surface area contributed by atoms with E-state index in [4.69, 9.17) is 15.7 Å². The molecule has 0 aliphatic heterocycles. The third kappa shape index (κ3) is 6.22. The van der Waals surface area contributed by atoms with Crippen LogP contribution in [-0.4, -0.2) is 28.3 Å². The number of imidazole rings is 1. The van der Waals surface area contributed by atoms with Gasteiger partial charge < -0.3 is 11.1 Å². The van der Waals surface area contributed by atoms with Gasteiger partial charge in [-0.05, 0) is 55.4 Å². The van der Waals surface area contributed by atoms with Crippen LogP contribution in [0.5, 0.6) is 0 Å². The Hall–Kier alpha value is -2.56. The molecule has 0 radical (unpaired) electrons. The molecule has 1 aliphatic rings. The first-order valence-electron chi connectivity index (χ1n) is 14.7. The van der Waals surface area contributed by atoms with E-state index in [0.29, 0.717) is 5.84 Å². The molecule has 2 heterocycles. The summed E-state index contributed by atoms with van der Waals surface area (Å²) in [5.74, 6) is 1.90. The van der Waals surface area contributed by atoms with E-state index in [2.05, 4.69) is 47.8 Å². The third-order valence-electron chi connectivity index (χ3n) is 7.69. The number of nitrogens with two attached hydrogens (primary N) is 1. The lowest BCUT2D eigenvalue weighted by atomic mass is 10.0. The fourth-order valence-corrected chi connectivity index (χ4v) is 5.71. The molecule has 5 nitrogen and oxygen atoms in total. The Labute approximate surface area is 218 Å². The molecule has 0 unspecified atom stereocenters. The van der Waals surface area contributed by atoms with Crippen molar-refractivity contribution < 1.29 is 0 Å².